The molecule has 2 fully saturated rings. The third-order valence-electron chi connectivity index (χ3n) is 5.12. The second-order valence-corrected chi connectivity index (χ2v) is 6.99. The Kier molecular flexibility index (Phi) is 3.16. The molecule has 2 aliphatic rings. The van der Waals surface area contributed by atoms with Gasteiger partial charge in [0.05, 0.1) is 11.7 Å². The van der Waals surface area contributed by atoms with Gasteiger partial charge >= 0.3 is 0 Å². The lowest BCUT2D eigenvalue weighted by molar-refractivity contribution is -0.110. The first-order valence-electron chi connectivity index (χ1n) is 6.82. The van der Waals surface area contributed by atoms with E-state index in [1.807, 2.05) is 13.8 Å². The first-order valence-corrected chi connectivity index (χ1v) is 6.82. The monoisotopic (exact) mass is 238 g/mol. The quantitative estimate of drug-likeness (QED) is 0.690. The van der Waals surface area contributed by atoms with Gasteiger partial charge in [-0.3, -0.25) is 0 Å². The molecule has 0 spiro atoms. The predicted molar refractivity (Wildman–Crippen MR) is 69.6 cm³/mol. The smallest absolute Gasteiger partial charge is 0.0644 e. The summed E-state index contributed by atoms with van der Waals surface area (Å²) in [7, 11) is 0. The summed E-state index contributed by atoms with van der Waals surface area (Å²) in [5.41, 5.74) is 0.745. The molecule has 0 heterocycles. The van der Waals surface area contributed by atoms with Gasteiger partial charge in [-0.25, -0.2) is 0 Å². The lowest BCUT2D eigenvalue weighted by Crippen LogP contribution is -2.51. The molecule has 0 bridgehead atoms. The normalized spacial score (nSPS) is 43.4. The molecule has 0 saturated heterocycles. The van der Waals surface area contributed by atoms with Crippen molar-refractivity contribution < 1.29 is 10.2 Å². The lowest BCUT2D eigenvalue weighted by atomic mass is 9.54. The number of hydrogen-bond acceptors (Lipinski definition) is 2. The zero-order chi connectivity index (χ0) is 12.8. The fourth-order valence-electron chi connectivity index (χ4n) is 4.05. The van der Waals surface area contributed by atoms with E-state index in [4.69, 9.17) is 0 Å². The molecular formula is C15H26O2. The van der Waals surface area contributed by atoms with Crippen molar-refractivity contribution >= 4 is 0 Å². The highest BCUT2D eigenvalue weighted by Crippen LogP contribution is 2.54. The second-order valence-electron chi connectivity index (χ2n) is 6.99. The van der Waals surface area contributed by atoms with Crippen LogP contribution in [-0.4, -0.2) is 21.9 Å². The molecule has 98 valence electrons. The van der Waals surface area contributed by atoms with Gasteiger partial charge in [0, 0.05) is 5.92 Å². The van der Waals surface area contributed by atoms with Gasteiger partial charge in [0.1, 0.15) is 0 Å². The summed E-state index contributed by atoms with van der Waals surface area (Å²) < 4.78 is 0. The van der Waals surface area contributed by atoms with Crippen LogP contribution in [0.1, 0.15) is 52.9 Å². The van der Waals surface area contributed by atoms with Crippen LogP contribution in [-0.2, 0) is 0 Å². The van der Waals surface area contributed by atoms with Crippen molar-refractivity contribution in [1.29, 1.82) is 0 Å². The molecule has 2 N–H and O–H groups in total. The Morgan fingerprint density at radius 3 is 2.65 bits per heavy atom. The van der Waals surface area contributed by atoms with Crippen LogP contribution < -0.4 is 0 Å². The predicted octanol–water partition coefficient (Wildman–Crippen LogP) is 2.89. The Bertz CT molecular complexity index is 315. The molecule has 0 amide bonds. The molecule has 17 heavy (non-hydrogen) atoms. The molecular weight excluding hydrogens is 212 g/mol. The molecule has 0 aromatic carbocycles. The first kappa shape index (κ1) is 13.1. The van der Waals surface area contributed by atoms with E-state index in [-0.39, 0.29) is 17.4 Å². The molecule has 0 aromatic rings. The Morgan fingerprint density at radius 2 is 2.06 bits per heavy atom. The molecule has 2 saturated carbocycles. The molecule has 4 atom stereocenters. The maximum atomic E-state index is 10.3. The third kappa shape index (κ3) is 2.30. The van der Waals surface area contributed by atoms with Crippen molar-refractivity contribution in [3.63, 3.8) is 0 Å². The van der Waals surface area contributed by atoms with Crippen LogP contribution in [0.5, 0.6) is 0 Å². The minimum Gasteiger partial charge on any atom is -0.393 e. The standard InChI is InChI=1S/C15H26O2/c1-10-6-5-7-15(4)9-13(16)12(8-11(10)15)14(2,3)17/h11-13,16-17H,1,5-9H2,2-4H3/t11-,12-,13-,15+/m0/s1. The molecule has 0 radical (unpaired) electrons. The SMILES string of the molecule is C=C1CCC[C@]2(C)C[C@H](O)[C@@H](C(C)(C)O)C[C@@H]12. The minimum atomic E-state index is -0.793. The Balaban J connectivity index is 2.23. The van der Waals surface area contributed by atoms with Crippen molar-refractivity contribution in [2.75, 3.05) is 0 Å². The zero-order valence-corrected chi connectivity index (χ0v) is 11.4. The van der Waals surface area contributed by atoms with Crippen LogP contribution in [0.3, 0.4) is 0 Å². The number of aliphatic hydroxyl groups excluding tert-OH is 1. The maximum absolute atomic E-state index is 10.3. The van der Waals surface area contributed by atoms with Gasteiger partial charge in [0.2, 0.25) is 0 Å². The van der Waals surface area contributed by atoms with Gasteiger partial charge in [-0.1, -0.05) is 19.1 Å². The van der Waals surface area contributed by atoms with E-state index in [9.17, 15) is 10.2 Å². The molecule has 0 aliphatic heterocycles. The number of fused-ring (bicyclic) bond motifs is 1. The zero-order valence-electron chi connectivity index (χ0n) is 11.4. The number of allylic oxidation sites excluding steroid dienone is 1. The average molecular weight is 238 g/mol. The Hall–Kier alpha value is -0.340. The van der Waals surface area contributed by atoms with E-state index < -0.39 is 5.60 Å². The van der Waals surface area contributed by atoms with Crippen LogP contribution in [0.25, 0.3) is 0 Å². The molecule has 2 rings (SSSR count). The average Bonchev–Trinajstić information content (AvgIpc) is 2.13. The second kappa shape index (κ2) is 4.10. The van der Waals surface area contributed by atoms with E-state index in [0.717, 1.165) is 19.3 Å². The highest BCUT2D eigenvalue weighted by Gasteiger charge is 2.49. The molecule has 0 unspecified atom stereocenters. The molecule has 2 aliphatic carbocycles. The number of rotatable bonds is 1. The summed E-state index contributed by atoms with van der Waals surface area (Å²) in [6, 6.07) is 0. The van der Waals surface area contributed by atoms with Crippen LogP contribution >= 0.6 is 0 Å². The largest absolute Gasteiger partial charge is 0.393 e. The summed E-state index contributed by atoms with van der Waals surface area (Å²) in [5, 5.41) is 20.5. The molecule has 2 nitrogen and oxygen atoms in total. The van der Waals surface area contributed by atoms with Gasteiger partial charge in [-0.15, -0.1) is 0 Å². The van der Waals surface area contributed by atoms with Crippen molar-refractivity contribution in [2.24, 2.45) is 17.3 Å². The van der Waals surface area contributed by atoms with Gasteiger partial charge in [-0.05, 0) is 57.3 Å². The van der Waals surface area contributed by atoms with E-state index in [1.165, 1.54) is 18.4 Å². The van der Waals surface area contributed by atoms with Crippen LogP contribution in [0, 0.1) is 17.3 Å². The third-order valence-corrected chi connectivity index (χ3v) is 5.12. The maximum Gasteiger partial charge on any atom is 0.0644 e. The molecule has 2 heteroatoms. The van der Waals surface area contributed by atoms with Crippen molar-refractivity contribution in [3.8, 4) is 0 Å². The minimum absolute atomic E-state index is 0.0181. The van der Waals surface area contributed by atoms with Crippen LogP contribution in [0.2, 0.25) is 0 Å². The summed E-state index contributed by atoms with van der Waals surface area (Å²) in [5.74, 6) is 0.464. The fraction of sp³-hybridized carbons (Fsp3) is 0.867. The van der Waals surface area contributed by atoms with Gasteiger partial charge in [0.25, 0.3) is 0 Å². The van der Waals surface area contributed by atoms with Gasteiger partial charge in [-0.2, -0.15) is 0 Å². The van der Waals surface area contributed by atoms with E-state index in [1.54, 1.807) is 0 Å². The lowest BCUT2D eigenvalue weighted by Gasteiger charge is -2.52. The Morgan fingerprint density at radius 1 is 1.41 bits per heavy atom. The van der Waals surface area contributed by atoms with Crippen molar-refractivity contribution in [1.82, 2.24) is 0 Å². The summed E-state index contributed by atoms with van der Waals surface area (Å²) in [4.78, 5) is 0. The van der Waals surface area contributed by atoms with E-state index in [2.05, 4.69) is 13.5 Å². The van der Waals surface area contributed by atoms with Gasteiger partial charge < -0.3 is 10.2 Å². The van der Waals surface area contributed by atoms with E-state index >= 15 is 0 Å². The van der Waals surface area contributed by atoms with Gasteiger partial charge in [0.15, 0.2) is 0 Å². The number of aliphatic hydroxyl groups is 2. The summed E-state index contributed by atoms with van der Waals surface area (Å²) in [6.07, 6.45) is 4.83. The summed E-state index contributed by atoms with van der Waals surface area (Å²) >= 11 is 0. The fourth-order valence-corrected chi connectivity index (χ4v) is 4.05. The van der Waals surface area contributed by atoms with E-state index in [0.29, 0.717) is 5.92 Å². The highest BCUT2D eigenvalue weighted by atomic mass is 16.3. The van der Waals surface area contributed by atoms with Crippen LogP contribution in [0.15, 0.2) is 12.2 Å². The van der Waals surface area contributed by atoms with Crippen LogP contribution in [0.4, 0.5) is 0 Å². The van der Waals surface area contributed by atoms with Crippen molar-refractivity contribution in [2.45, 2.75) is 64.6 Å². The Labute approximate surface area is 105 Å². The molecule has 0 aromatic heterocycles. The topological polar surface area (TPSA) is 40.5 Å². The number of hydrogen-bond donors (Lipinski definition) is 2. The summed E-state index contributed by atoms with van der Waals surface area (Å²) in [6.45, 7) is 10.1. The van der Waals surface area contributed by atoms with Crippen molar-refractivity contribution in [3.05, 3.63) is 12.2 Å². The first-order chi connectivity index (χ1) is 7.74. The highest BCUT2D eigenvalue weighted by molar-refractivity contribution is 5.14.